The van der Waals surface area contributed by atoms with Crippen LogP contribution in [0.3, 0.4) is 0 Å². The van der Waals surface area contributed by atoms with Gasteiger partial charge >= 0.3 is 51.0 Å². The fourth-order valence-corrected chi connectivity index (χ4v) is 1.19. The Balaban J connectivity index is -0.000000282. The zero-order valence-electron chi connectivity index (χ0n) is 10.3. The van der Waals surface area contributed by atoms with Crippen molar-refractivity contribution >= 4 is 24.9 Å². The number of benzene rings is 1. The van der Waals surface area contributed by atoms with Crippen molar-refractivity contribution in [2.45, 2.75) is 11.8 Å². The van der Waals surface area contributed by atoms with Gasteiger partial charge in [-0.25, -0.2) is 0 Å². The third kappa shape index (κ3) is 14.0. The van der Waals surface area contributed by atoms with Gasteiger partial charge in [-0.3, -0.25) is 4.55 Å². The molecule has 0 aliphatic heterocycles. The van der Waals surface area contributed by atoms with Crippen LogP contribution in [0.4, 0.5) is 17.3 Å². The first-order valence-corrected chi connectivity index (χ1v) is 8.87. The summed E-state index contributed by atoms with van der Waals surface area (Å²) in [6, 6.07) is 5.99. The Morgan fingerprint density at radius 1 is 1.06 bits per heavy atom. The second kappa shape index (κ2) is 6.39. The predicted octanol–water partition coefficient (Wildman–Crippen LogP) is 0.0784. The van der Waals surface area contributed by atoms with E-state index in [1.807, 2.05) is 6.92 Å². The molecule has 1 N–H and O–H groups in total. The van der Waals surface area contributed by atoms with E-state index in [1.165, 1.54) is 12.1 Å². The molecular formula is C7H9AsF5LiO3S. The van der Waals surface area contributed by atoms with Gasteiger partial charge in [0.05, 0.1) is 4.90 Å². The van der Waals surface area contributed by atoms with Gasteiger partial charge in [0.15, 0.2) is 0 Å². The van der Waals surface area contributed by atoms with Crippen molar-refractivity contribution in [2.75, 3.05) is 0 Å². The smallest absolute Gasteiger partial charge is 1.00 e. The van der Waals surface area contributed by atoms with Crippen molar-refractivity contribution in [3.63, 3.8) is 0 Å². The number of hydrogen-bond donors (Lipinski definition) is 1. The normalized spacial score (nSPS) is 13.4. The van der Waals surface area contributed by atoms with Crippen LogP contribution in [-0.4, -0.2) is 27.8 Å². The van der Waals surface area contributed by atoms with Crippen molar-refractivity contribution < 1.29 is 50.6 Å². The summed E-state index contributed by atoms with van der Waals surface area (Å²) in [4.78, 5) is -0.0666. The fourth-order valence-electron chi connectivity index (χ4n) is 0.710. The standard InChI is InChI=1S/C7H8O3S.AsF5.Li.H/c1-6-2-4-7(5-3-6)11(8,9)10;2-1(3,4,5)6;;/h2-5H,1H3,(H,8,9,10);;;/q;;+1;-1. The SMILES string of the molecule is Cc1ccc(S(=O)(=O)O)cc1.F[As](F)(F)(F)F.[H-].[Li+]. The summed E-state index contributed by atoms with van der Waals surface area (Å²) in [5, 5.41) is 0. The molecule has 0 fully saturated rings. The molecule has 0 radical (unpaired) electrons. The largest absolute Gasteiger partial charge is 1.00 e. The number of rotatable bonds is 1. The number of halogens is 5. The molecule has 0 heterocycles. The molecule has 0 aliphatic carbocycles. The third-order valence-corrected chi connectivity index (χ3v) is 2.19. The molecule has 18 heavy (non-hydrogen) atoms. The molecule has 102 valence electrons. The molecule has 0 unspecified atom stereocenters. The van der Waals surface area contributed by atoms with Crippen LogP contribution in [0.15, 0.2) is 29.2 Å². The van der Waals surface area contributed by atoms with Crippen LogP contribution in [0.5, 0.6) is 0 Å². The molecule has 0 amide bonds. The van der Waals surface area contributed by atoms with E-state index in [1.54, 1.807) is 12.1 Å². The molecule has 1 aromatic carbocycles. The minimum atomic E-state index is -8.99. The van der Waals surface area contributed by atoms with Crippen LogP contribution >= 0.6 is 0 Å². The maximum Gasteiger partial charge on any atom is 1.00 e. The van der Waals surface area contributed by atoms with Crippen LogP contribution < -0.4 is 18.9 Å². The third-order valence-electron chi connectivity index (χ3n) is 1.32. The molecule has 0 spiro atoms. The van der Waals surface area contributed by atoms with Crippen molar-refractivity contribution in [3.8, 4) is 0 Å². The number of aryl methyl sites for hydroxylation is 1. The van der Waals surface area contributed by atoms with Crippen LogP contribution in [0.2, 0.25) is 0 Å². The molecule has 1 rings (SSSR count). The summed E-state index contributed by atoms with van der Waals surface area (Å²) >= 11 is -8.99. The van der Waals surface area contributed by atoms with Crippen molar-refractivity contribution in [2.24, 2.45) is 0 Å². The molecular weight excluding hydrogens is 341 g/mol. The summed E-state index contributed by atoms with van der Waals surface area (Å²) in [6.45, 7) is 1.84. The van der Waals surface area contributed by atoms with Crippen molar-refractivity contribution in [1.29, 1.82) is 0 Å². The van der Waals surface area contributed by atoms with E-state index in [2.05, 4.69) is 0 Å². The van der Waals surface area contributed by atoms with Gasteiger partial charge in [-0.1, -0.05) is 17.7 Å². The Labute approximate surface area is 117 Å². The van der Waals surface area contributed by atoms with Gasteiger partial charge in [0.2, 0.25) is 0 Å². The van der Waals surface area contributed by atoms with Gasteiger partial charge in [-0.05, 0) is 19.1 Å². The molecule has 0 atom stereocenters. The van der Waals surface area contributed by atoms with Gasteiger partial charge in [-0.2, -0.15) is 8.42 Å². The maximum atomic E-state index is 10.5. The quantitative estimate of drug-likeness (QED) is 0.444. The second-order valence-corrected chi connectivity index (χ2v) is 7.03. The van der Waals surface area contributed by atoms with E-state index in [4.69, 9.17) is 4.55 Å². The average molecular weight is 350 g/mol. The van der Waals surface area contributed by atoms with Gasteiger partial charge in [0.1, 0.15) is 0 Å². The Morgan fingerprint density at radius 2 is 1.33 bits per heavy atom. The Kier molecular flexibility index (Phi) is 7.20. The fraction of sp³-hybridized carbons (Fsp3) is 0.143. The molecule has 3 nitrogen and oxygen atoms in total. The van der Waals surface area contributed by atoms with Crippen LogP contribution in [0, 0.1) is 6.92 Å². The van der Waals surface area contributed by atoms with Gasteiger partial charge in [-0.15, -0.1) is 0 Å². The maximum absolute atomic E-state index is 10.5. The first kappa shape index (κ1) is 20.3. The van der Waals surface area contributed by atoms with Crippen molar-refractivity contribution in [1.82, 2.24) is 0 Å². The first-order chi connectivity index (χ1) is 7.24. The van der Waals surface area contributed by atoms with Gasteiger partial charge < -0.3 is 1.43 Å². The number of hydrogen-bond acceptors (Lipinski definition) is 2. The summed E-state index contributed by atoms with van der Waals surface area (Å²) in [5.74, 6) is 0. The molecule has 0 saturated heterocycles. The molecule has 0 bridgehead atoms. The Bertz CT molecular complexity index is 471. The Hall–Kier alpha value is -0.0642. The van der Waals surface area contributed by atoms with Crippen LogP contribution in [0.1, 0.15) is 6.99 Å². The molecule has 0 aliphatic rings. The second-order valence-electron chi connectivity index (χ2n) is 2.93. The minimum absolute atomic E-state index is 0. The molecule has 0 saturated carbocycles. The van der Waals surface area contributed by atoms with Crippen LogP contribution in [0.25, 0.3) is 0 Å². The summed E-state index contributed by atoms with van der Waals surface area (Å²) in [7, 11) is -4.02. The first-order valence-electron chi connectivity index (χ1n) is 3.89. The topological polar surface area (TPSA) is 54.4 Å². The van der Waals surface area contributed by atoms with E-state index >= 15 is 0 Å². The zero-order chi connectivity index (χ0) is 13.9. The van der Waals surface area contributed by atoms with Gasteiger partial charge in [0, 0.05) is 0 Å². The average Bonchev–Trinajstić information content (AvgIpc) is 1.98. The van der Waals surface area contributed by atoms with Crippen molar-refractivity contribution in [3.05, 3.63) is 29.8 Å². The van der Waals surface area contributed by atoms with Crippen LogP contribution in [-0.2, 0) is 10.1 Å². The molecule has 11 heteroatoms. The summed E-state index contributed by atoms with van der Waals surface area (Å²) in [6.07, 6.45) is 0. The van der Waals surface area contributed by atoms with E-state index in [-0.39, 0.29) is 25.2 Å². The Morgan fingerprint density at radius 3 is 1.56 bits per heavy atom. The minimum Gasteiger partial charge on any atom is -1.00 e. The van der Waals surface area contributed by atoms with E-state index in [0.29, 0.717) is 0 Å². The van der Waals surface area contributed by atoms with Gasteiger partial charge in [0.25, 0.3) is 10.1 Å². The monoisotopic (exact) mass is 350 g/mol. The summed E-state index contributed by atoms with van der Waals surface area (Å²) < 4.78 is 79.0. The van der Waals surface area contributed by atoms with E-state index in [0.717, 1.165) is 5.56 Å². The van der Waals surface area contributed by atoms with E-state index in [9.17, 15) is 25.8 Å². The predicted molar refractivity (Wildman–Crippen MR) is 53.4 cm³/mol. The summed E-state index contributed by atoms with van der Waals surface area (Å²) in [5.41, 5.74) is 0.956. The molecule has 1 aromatic rings. The zero-order valence-corrected chi connectivity index (χ0v) is 12.0. The van der Waals surface area contributed by atoms with E-state index < -0.39 is 24.9 Å². The molecule has 0 aromatic heterocycles.